The first-order valence-electron chi connectivity index (χ1n) is 5.23. The third-order valence-corrected chi connectivity index (χ3v) is 2.08. The van der Waals surface area contributed by atoms with E-state index in [9.17, 15) is 13.6 Å². The first kappa shape index (κ1) is 13.4. The van der Waals surface area contributed by atoms with E-state index in [0.717, 1.165) is 17.7 Å². The second-order valence-electron chi connectivity index (χ2n) is 3.87. The standard InChI is InChI=1S/C13H14F2O2/c1-9(2)8-17-13(16)6-4-10-3-5-11(14)12(15)7-10/h3,5,7H,1,4,6,8H2,2H3. The summed E-state index contributed by atoms with van der Waals surface area (Å²) in [5.74, 6) is -2.17. The van der Waals surface area contributed by atoms with E-state index < -0.39 is 11.6 Å². The zero-order valence-corrected chi connectivity index (χ0v) is 9.63. The molecule has 0 unspecified atom stereocenters. The highest BCUT2D eigenvalue weighted by atomic mass is 19.2. The van der Waals surface area contributed by atoms with E-state index >= 15 is 0 Å². The highest BCUT2D eigenvalue weighted by Gasteiger charge is 2.06. The van der Waals surface area contributed by atoms with Gasteiger partial charge < -0.3 is 4.74 Å². The first-order chi connectivity index (χ1) is 7.99. The Bertz CT molecular complexity index is 427. The number of hydrogen-bond donors (Lipinski definition) is 0. The topological polar surface area (TPSA) is 26.3 Å². The summed E-state index contributed by atoms with van der Waals surface area (Å²) in [6.07, 6.45) is 0.463. The first-order valence-corrected chi connectivity index (χ1v) is 5.23. The van der Waals surface area contributed by atoms with E-state index in [2.05, 4.69) is 6.58 Å². The van der Waals surface area contributed by atoms with Crippen LogP contribution in [0.1, 0.15) is 18.9 Å². The molecule has 2 nitrogen and oxygen atoms in total. The van der Waals surface area contributed by atoms with Gasteiger partial charge in [-0.3, -0.25) is 4.79 Å². The molecule has 0 aliphatic carbocycles. The molecule has 0 aliphatic heterocycles. The number of aryl methyl sites for hydroxylation is 1. The summed E-state index contributed by atoms with van der Waals surface area (Å²) in [6.45, 7) is 5.54. The SMILES string of the molecule is C=C(C)COC(=O)CCc1ccc(F)c(F)c1. The predicted octanol–water partition coefficient (Wildman–Crippen LogP) is 3.02. The molecule has 0 saturated heterocycles. The molecule has 0 aliphatic rings. The molecule has 0 fully saturated rings. The maximum atomic E-state index is 12.9. The molecule has 1 aromatic carbocycles. The van der Waals surface area contributed by atoms with Crippen LogP contribution in [0.3, 0.4) is 0 Å². The van der Waals surface area contributed by atoms with E-state index in [4.69, 9.17) is 4.74 Å². The fraction of sp³-hybridized carbons (Fsp3) is 0.308. The van der Waals surface area contributed by atoms with Crippen molar-refractivity contribution in [1.29, 1.82) is 0 Å². The van der Waals surface area contributed by atoms with Crippen LogP contribution in [-0.4, -0.2) is 12.6 Å². The van der Waals surface area contributed by atoms with Gasteiger partial charge in [0.25, 0.3) is 0 Å². The van der Waals surface area contributed by atoms with Gasteiger partial charge in [0.05, 0.1) is 0 Å². The van der Waals surface area contributed by atoms with E-state index in [1.807, 2.05) is 0 Å². The van der Waals surface area contributed by atoms with Gasteiger partial charge in [0.15, 0.2) is 11.6 Å². The Morgan fingerprint density at radius 1 is 1.35 bits per heavy atom. The monoisotopic (exact) mass is 240 g/mol. The van der Waals surface area contributed by atoms with Crippen molar-refractivity contribution < 1.29 is 18.3 Å². The van der Waals surface area contributed by atoms with E-state index in [1.165, 1.54) is 6.07 Å². The molecule has 1 aromatic rings. The van der Waals surface area contributed by atoms with Crippen LogP contribution in [-0.2, 0) is 16.0 Å². The molecule has 0 atom stereocenters. The van der Waals surface area contributed by atoms with Crippen molar-refractivity contribution in [2.75, 3.05) is 6.61 Å². The van der Waals surface area contributed by atoms with Crippen molar-refractivity contribution in [3.05, 3.63) is 47.5 Å². The molecule has 17 heavy (non-hydrogen) atoms. The molecule has 0 aromatic heterocycles. The summed E-state index contributed by atoms with van der Waals surface area (Å²) in [5.41, 5.74) is 1.32. The van der Waals surface area contributed by atoms with Crippen molar-refractivity contribution in [3.8, 4) is 0 Å². The van der Waals surface area contributed by atoms with Gasteiger partial charge in [0.2, 0.25) is 0 Å². The molecular formula is C13H14F2O2. The van der Waals surface area contributed by atoms with Gasteiger partial charge in [-0.2, -0.15) is 0 Å². The van der Waals surface area contributed by atoms with Crippen molar-refractivity contribution in [1.82, 2.24) is 0 Å². The Morgan fingerprint density at radius 3 is 2.65 bits per heavy atom. The maximum absolute atomic E-state index is 12.9. The lowest BCUT2D eigenvalue weighted by molar-refractivity contribution is -0.142. The second kappa shape index (κ2) is 6.13. The summed E-state index contributed by atoms with van der Waals surface area (Å²) >= 11 is 0. The number of ether oxygens (including phenoxy) is 1. The number of rotatable bonds is 5. The Balaban J connectivity index is 2.42. The maximum Gasteiger partial charge on any atom is 0.306 e. The number of carbonyl (C=O) groups excluding carboxylic acids is 1. The number of esters is 1. The average Bonchev–Trinajstić information content (AvgIpc) is 2.28. The molecule has 92 valence electrons. The molecule has 0 N–H and O–H groups in total. The minimum Gasteiger partial charge on any atom is -0.461 e. The van der Waals surface area contributed by atoms with Crippen LogP contribution in [0.5, 0.6) is 0 Å². The number of carbonyl (C=O) groups is 1. The van der Waals surface area contributed by atoms with Gasteiger partial charge in [0.1, 0.15) is 6.61 Å². The van der Waals surface area contributed by atoms with E-state index in [0.29, 0.717) is 12.0 Å². The molecule has 0 radical (unpaired) electrons. The van der Waals surface area contributed by atoms with Crippen LogP contribution in [0.2, 0.25) is 0 Å². The van der Waals surface area contributed by atoms with Gasteiger partial charge in [-0.1, -0.05) is 12.6 Å². The summed E-state index contributed by atoms with van der Waals surface area (Å²) in [4.78, 5) is 11.2. The highest BCUT2D eigenvalue weighted by molar-refractivity contribution is 5.69. The van der Waals surface area contributed by atoms with Gasteiger partial charge in [0, 0.05) is 6.42 Å². The lowest BCUT2D eigenvalue weighted by Gasteiger charge is -2.04. The van der Waals surface area contributed by atoms with Gasteiger partial charge >= 0.3 is 5.97 Å². The summed E-state index contributed by atoms with van der Waals surface area (Å²) < 4.78 is 30.4. The Kier molecular flexibility index (Phi) is 4.82. The van der Waals surface area contributed by atoms with Gasteiger partial charge in [-0.15, -0.1) is 0 Å². The van der Waals surface area contributed by atoms with Gasteiger partial charge in [-0.25, -0.2) is 8.78 Å². The minimum atomic E-state index is -0.905. The van der Waals surface area contributed by atoms with Crippen molar-refractivity contribution in [2.45, 2.75) is 19.8 Å². The van der Waals surface area contributed by atoms with Crippen LogP contribution in [0.15, 0.2) is 30.4 Å². The molecular weight excluding hydrogens is 226 g/mol. The molecule has 1 rings (SSSR count). The zero-order chi connectivity index (χ0) is 12.8. The molecule has 0 amide bonds. The Morgan fingerprint density at radius 2 is 2.06 bits per heavy atom. The van der Waals surface area contributed by atoms with Crippen molar-refractivity contribution in [2.24, 2.45) is 0 Å². The van der Waals surface area contributed by atoms with Crippen LogP contribution >= 0.6 is 0 Å². The Labute approximate surface area is 98.9 Å². The highest BCUT2D eigenvalue weighted by Crippen LogP contribution is 2.10. The quantitative estimate of drug-likeness (QED) is 0.584. The van der Waals surface area contributed by atoms with E-state index in [1.54, 1.807) is 6.92 Å². The van der Waals surface area contributed by atoms with Crippen molar-refractivity contribution >= 4 is 5.97 Å². The zero-order valence-electron chi connectivity index (χ0n) is 9.63. The summed E-state index contributed by atoms with van der Waals surface area (Å²) in [6, 6.07) is 3.58. The third kappa shape index (κ3) is 4.76. The number of hydrogen-bond acceptors (Lipinski definition) is 2. The smallest absolute Gasteiger partial charge is 0.306 e. The lowest BCUT2D eigenvalue weighted by Crippen LogP contribution is -2.07. The summed E-state index contributed by atoms with van der Waals surface area (Å²) in [5, 5.41) is 0. The fourth-order valence-electron chi connectivity index (χ4n) is 1.22. The predicted molar refractivity (Wildman–Crippen MR) is 60.5 cm³/mol. The number of halogens is 2. The van der Waals surface area contributed by atoms with Crippen LogP contribution in [0.25, 0.3) is 0 Å². The molecule has 0 spiro atoms. The van der Waals surface area contributed by atoms with Gasteiger partial charge in [-0.05, 0) is 36.6 Å². The summed E-state index contributed by atoms with van der Waals surface area (Å²) in [7, 11) is 0. The minimum absolute atomic E-state index is 0.137. The van der Waals surface area contributed by atoms with Crippen LogP contribution in [0, 0.1) is 11.6 Å². The number of benzene rings is 1. The molecule has 0 bridgehead atoms. The largest absolute Gasteiger partial charge is 0.461 e. The lowest BCUT2D eigenvalue weighted by atomic mass is 10.1. The third-order valence-electron chi connectivity index (χ3n) is 2.08. The average molecular weight is 240 g/mol. The normalized spacial score (nSPS) is 10.1. The molecule has 0 saturated carbocycles. The van der Waals surface area contributed by atoms with E-state index in [-0.39, 0.29) is 19.0 Å². The van der Waals surface area contributed by atoms with Crippen molar-refractivity contribution in [3.63, 3.8) is 0 Å². The Hall–Kier alpha value is -1.71. The van der Waals surface area contributed by atoms with Crippen LogP contribution < -0.4 is 0 Å². The van der Waals surface area contributed by atoms with Crippen LogP contribution in [0.4, 0.5) is 8.78 Å². The molecule has 0 heterocycles. The fourth-order valence-corrected chi connectivity index (χ4v) is 1.22. The second-order valence-corrected chi connectivity index (χ2v) is 3.87. The molecule has 4 heteroatoms.